The molecule has 16 heavy (non-hydrogen) atoms. The zero-order valence-electron chi connectivity index (χ0n) is 10.4. The molecule has 1 aliphatic rings. The lowest BCUT2D eigenvalue weighted by Crippen LogP contribution is -2.41. The van der Waals surface area contributed by atoms with Crippen LogP contribution in [0.15, 0.2) is 0 Å². The summed E-state index contributed by atoms with van der Waals surface area (Å²) < 4.78 is 10.4. The molecule has 94 valence electrons. The Bertz CT molecular complexity index is 215. The van der Waals surface area contributed by atoms with Gasteiger partial charge in [0.15, 0.2) is 0 Å². The molecule has 0 aromatic rings. The molecular formula is C11H22N2O3. The average molecular weight is 230 g/mol. The summed E-state index contributed by atoms with van der Waals surface area (Å²) in [5.74, 6) is -0.143. The van der Waals surface area contributed by atoms with Crippen molar-refractivity contribution in [3.05, 3.63) is 0 Å². The van der Waals surface area contributed by atoms with E-state index in [0.717, 1.165) is 13.1 Å². The summed E-state index contributed by atoms with van der Waals surface area (Å²) >= 11 is 0. The number of hydrogen-bond donors (Lipinski definition) is 0. The normalized spacial score (nSPS) is 19.8. The van der Waals surface area contributed by atoms with Gasteiger partial charge in [0.25, 0.3) is 0 Å². The molecule has 1 atom stereocenters. The Labute approximate surface area is 97.3 Å². The van der Waals surface area contributed by atoms with Crippen molar-refractivity contribution in [1.29, 1.82) is 0 Å². The van der Waals surface area contributed by atoms with Gasteiger partial charge in [0, 0.05) is 19.1 Å². The monoisotopic (exact) mass is 230 g/mol. The minimum atomic E-state index is -0.143. The van der Waals surface area contributed by atoms with E-state index in [1.807, 2.05) is 25.9 Å². The van der Waals surface area contributed by atoms with Gasteiger partial charge in [-0.1, -0.05) is 0 Å². The highest BCUT2D eigenvalue weighted by Gasteiger charge is 2.15. The van der Waals surface area contributed by atoms with Crippen LogP contribution in [0.4, 0.5) is 0 Å². The summed E-state index contributed by atoms with van der Waals surface area (Å²) in [6.07, 6.45) is 0. The van der Waals surface area contributed by atoms with Gasteiger partial charge in [0.05, 0.1) is 19.8 Å². The Morgan fingerprint density at radius 3 is 2.62 bits per heavy atom. The van der Waals surface area contributed by atoms with Gasteiger partial charge in [0.1, 0.15) is 6.61 Å². The van der Waals surface area contributed by atoms with E-state index in [4.69, 9.17) is 9.47 Å². The lowest BCUT2D eigenvalue weighted by Gasteiger charge is -2.26. The van der Waals surface area contributed by atoms with E-state index in [-0.39, 0.29) is 12.0 Å². The second-order valence-electron chi connectivity index (χ2n) is 4.38. The zero-order chi connectivity index (χ0) is 12.0. The minimum absolute atomic E-state index is 0.143. The first-order chi connectivity index (χ1) is 7.59. The Morgan fingerprint density at radius 1 is 1.44 bits per heavy atom. The molecule has 0 aromatic heterocycles. The number of rotatable bonds is 5. The highest BCUT2D eigenvalue weighted by molar-refractivity contribution is 5.71. The van der Waals surface area contributed by atoms with Crippen molar-refractivity contribution < 1.29 is 14.3 Å². The molecule has 0 amide bonds. The molecule has 0 aromatic carbocycles. The summed E-state index contributed by atoms with van der Waals surface area (Å²) in [6.45, 7) is 5.92. The van der Waals surface area contributed by atoms with Gasteiger partial charge >= 0.3 is 5.97 Å². The average Bonchev–Trinajstić information content (AvgIpc) is 2.27. The van der Waals surface area contributed by atoms with Crippen LogP contribution in [0.2, 0.25) is 0 Å². The van der Waals surface area contributed by atoms with Crippen molar-refractivity contribution in [2.24, 2.45) is 0 Å². The van der Waals surface area contributed by atoms with Gasteiger partial charge in [-0.2, -0.15) is 0 Å². The molecule has 0 aliphatic carbocycles. The molecule has 5 heteroatoms. The fourth-order valence-electron chi connectivity index (χ4n) is 1.35. The maximum absolute atomic E-state index is 11.5. The van der Waals surface area contributed by atoms with Gasteiger partial charge < -0.3 is 14.4 Å². The molecule has 0 spiro atoms. The van der Waals surface area contributed by atoms with Gasteiger partial charge in [-0.15, -0.1) is 0 Å². The molecule has 0 saturated carbocycles. The van der Waals surface area contributed by atoms with Crippen LogP contribution < -0.4 is 0 Å². The third-order valence-electron chi connectivity index (χ3n) is 2.82. The van der Waals surface area contributed by atoms with Crippen LogP contribution in [0.25, 0.3) is 0 Å². The maximum atomic E-state index is 11.5. The second-order valence-corrected chi connectivity index (χ2v) is 4.38. The summed E-state index contributed by atoms with van der Waals surface area (Å²) in [5.41, 5.74) is 0. The third-order valence-corrected chi connectivity index (χ3v) is 2.82. The molecule has 0 radical (unpaired) electrons. The number of carbonyl (C=O) groups is 1. The van der Waals surface area contributed by atoms with Crippen molar-refractivity contribution in [2.45, 2.75) is 13.0 Å². The van der Waals surface area contributed by atoms with Crippen LogP contribution in [0.1, 0.15) is 6.92 Å². The van der Waals surface area contributed by atoms with Crippen LogP contribution >= 0.6 is 0 Å². The van der Waals surface area contributed by atoms with Crippen LogP contribution in [-0.2, 0) is 14.3 Å². The quantitative estimate of drug-likeness (QED) is 0.613. The molecule has 1 rings (SSSR count). The van der Waals surface area contributed by atoms with E-state index in [1.165, 1.54) is 0 Å². The molecule has 0 bridgehead atoms. The van der Waals surface area contributed by atoms with Gasteiger partial charge in [0.2, 0.25) is 0 Å². The Kier molecular flexibility index (Phi) is 5.73. The predicted molar refractivity (Wildman–Crippen MR) is 61.4 cm³/mol. The first-order valence-corrected chi connectivity index (χ1v) is 5.71. The van der Waals surface area contributed by atoms with E-state index in [9.17, 15) is 4.79 Å². The van der Waals surface area contributed by atoms with Gasteiger partial charge in [-0.05, 0) is 21.0 Å². The third kappa shape index (κ3) is 4.92. The van der Waals surface area contributed by atoms with Crippen molar-refractivity contribution in [3.8, 4) is 0 Å². The summed E-state index contributed by atoms with van der Waals surface area (Å²) in [5, 5.41) is 0. The summed E-state index contributed by atoms with van der Waals surface area (Å²) in [7, 11) is 3.95. The number of hydrogen-bond acceptors (Lipinski definition) is 5. The van der Waals surface area contributed by atoms with Crippen LogP contribution in [0, 0.1) is 0 Å². The first kappa shape index (κ1) is 13.4. The molecule has 0 unspecified atom stereocenters. The van der Waals surface area contributed by atoms with Crippen LogP contribution in [0.3, 0.4) is 0 Å². The van der Waals surface area contributed by atoms with Crippen molar-refractivity contribution in [2.75, 3.05) is 53.6 Å². The largest absolute Gasteiger partial charge is 0.463 e. The molecule has 1 heterocycles. The van der Waals surface area contributed by atoms with Gasteiger partial charge in [-0.25, -0.2) is 0 Å². The zero-order valence-corrected chi connectivity index (χ0v) is 10.4. The molecule has 0 N–H and O–H groups in total. The lowest BCUT2D eigenvalue weighted by molar-refractivity contribution is -0.147. The maximum Gasteiger partial charge on any atom is 0.320 e. The van der Waals surface area contributed by atoms with Crippen molar-refractivity contribution in [1.82, 2.24) is 9.80 Å². The number of ether oxygens (including phenoxy) is 2. The summed E-state index contributed by atoms with van der Waals surface area (Å²) in [4.78, 5) is 15.6. The Hall–Kier alpha value is -0.650. The Morgan fingerprint density at radius 2 is 2.06 bits per heavy atom. The molecular weight excluding hydrogens is 208 g/mol. The van der Waals surface area contributed by atoms with E-state index in [2.05, 4.69) is 4.90 Å². The van der Waals surface area contributed by atoms with E-state index >= 15 is 0 Å². The molecule has 1 aliphatic heterocycles. The minimum Gasteiger partial charge on any atom is -0.463 e. The smallest absolute Gasteiger partial charge is 0.320 e. The van der Waals surface area contributed by atoms with Crippen LogP contribution in [0.5, 0.6) is 0 Å². The number of carbonyl (C=O) groups excluding carboxylic acids is 1. The van der Waals surface area contributed by atoms with E-state index < -0.39 is 0 Å². The SMILES string of the molecule is C[C@@H](COC(=O)CN1CCOCC1)N(C)C. The van der Waals surface area contributed by atoms with E-state index in [0.29, 0.717) is 26.4 Å². The molecule has 1 saturated heterocycles. The Balaban J connectivity index is 2.14. The number of morpholine rings is 1. The molecule has 1 fully saturated rings. The topological polar surface area (TPSA) is 42.0 Å². The highest BCUT2D eigenvalue weighted by Crippen LogP contribution is 1.98. The standard InChI is InChI=1S/C11H22N2O3/c1-10(12(2)3)9-16-11(14)8-13-4-6-15-7-5-13/h10H,4-9H2,1-3H3/t10-/m0/s1. The van der Waals surface area contributed by atoms with Crippen molar-refractivity contribution >= 4 is 5.97 Å². The first-order valence-electron chi connectivity index (χ1n) is 5.71. The fraction of sp³-hybridized carbons (Fsp3) is 0.909. The highest BCUT2D eigenvalue weighted by atomic mass is 16.5. The lowest BCUT2D eigenvalue weighted by atomic mass is 10.3. The van der Waals surface area contributed by atoms with Crippen molar-refractivity contribution in [3.63, 3.8) is 0 Å². The fourth-order valence-corrected chi connectivity index (χ4v) is 1.35. The predicted octanol–water partition coefficient (Wildman–Crippen LogP) is -0.188. The molecule has 5 nitrogen and oxygen atoms in total. The second kappa shape index (κ2) is 6.83. The number of esters is 1. The number of likely N-dealkylation sites (N-methyl/N-ethyl adjacent to an activating group) is 1. The van der Waals surface area contributed by atoms with Gasteiger partial charge in [-0.3, -0.25) is 9.69 Å². The summed E-state index contributed by atoms with van der Waals surface area (Å²) in [6, 6.07) is 0.258. The van der Waals surface area contributed by atoms with E-state index in [1.54, 1.807) is 0 Å². The number of nitrogens with zero attached hydrogens (tertiary/aromatic N) is 2. The van der Waals surface area contributed by atoms with Crippen LogP contribution in [-0.4, -0.2) is 75.4 Å².